The van der Waals surface area contributed by atoms with Gasteiger partial charge < -0.3 is 14.4 Å². The van der Waals surface area contributed by atoms with Gasteiger partial charge in [-0.25, -0.2) is 9.37 Å². The SMILES string of the molecule is CN(C)CCCn1ccnc1C1CCN(C(=O)c2cncc(F)c2)CC1. The number of hydrogen-bond acceptors (Lipinski definition) is 4. The zero-order valence-corrected chi connectivity index (χ0v) is 15.4. The van der Waals surface area contributed by atoms with Crippen molar-refractivity contribution in [2.24, 2.45) is 0 Å². The van der Waals surface area contributed by atoms with E-state index in [1.807, 2.05) is 12.4 Å². The predicted molar refractivity (Wildman–Crippen MR) is 97.5 cm³/mol. The Morgan fingerprint density at radius 1 is 1.31 bits per heavy atom. The molecule has 2 aromatic heterocycles. The summed E-state index contributed by atoms with van der Waals surface area (Å²) in [6.07, 6.45) is 9.27. The number of aryl methyl sites for hydroxylation is 1. The smallest absolute Gasteiger partial charge is 0.255 e. The third-order valence-corrected chi connectivity index (χ3v) is 4.85. The summed E-state index contributed by atoms with van der Waals surface area (Å²) in [6.45, 7) is 3.32. The van der Waals surface area contributed by atoms with Gasteiger partial charge in [0.05, 0.1) is 11.8 Å². The summed E-state index contributed by atoms with van der Waals surface area (Å²) < 4.78 is 15.5. The number of pyridine rings is 1. The highest BCUT2D eigenvalue weighted by Gasteiger charge is 2.27. The lowest BCUT2D eigenvalue weighted by molar-refractivity contribution is 0.0709. The van der Waals surface area contributed by atoms with Crippen molar-refractivity contribution in [3.63, 3.8) is 0 Å². The first-order valence-electron chi connectivity index (χ1n) is 9.10. The van der Waals surface area contributed by atoms with Gasteiger partial charge in [0, 0.05) is 44.1 Å². The molecule has 0 saturated carbocycles. The molecule has 3 heterocycles. The Labute approximate surface area is 153 Å². The van der Waals surface area contributed by atoms with Crippen molar-refractivity contribution in [3.05, 3.63) is 48.1 Å². The van der Waals surface area contributed by atoms with Gasteiger partial charge in [-0.1, -0.05) is 0 Å². The molecule has 2 aromatic rings. The fourth-order valence-electron chi connectivity index (χ4n) is 3.48. The maximum atomic E-state index is 13.3. The zero-order chi connectivity index (χ0) is 18.5. The van der Waals surface area contributed by atoms with Crippen molar-refractivity contribution in [1.82, 2.24) is 24.3 Å². The Balaban J connectivity index is 1.57. The van der Waals surface area contributed by atoms with Crippen LogP contribution < -0.4 is 0 Å². The molecule has 1 amide bonds. The molecule has 0 spiro atoms. The first-order valence-corrected chi connectivity index (χ1v) is 9.10. The first kappa shape index (κ1) is 18.5. The van der Waals surface area contributed by atoms with Gasteiger partial charge in [-0.2, -0.15) is 0 Å². The van der Waals surface area contributed by atoms with Gasteiger partial charge >= 0.3 is 0 Å². The Hall–Kier alpha value is -2.28. The summed E-state index contributed by atoms with van der Waals surface area (Å²) in [5.74, 6) is 0.845. The molecule has 1 aliphatic heterocycles. The van der Waals surface area contributed by atoms with Crippen molar-refractivity contribution >= 4 is 5.91 Å². The van der Waals surface area contributed by atoms with Crippen LogP contribution in [-0.4, -0.2) is 64.0 Å². The third kappa shape index (κ3) is 4.46. The Morgan fingerprint density at radius 2 is 2.08 bits per heavy atom. The molecule has 0 aromatic carbocycles. The molecule has 140 valence electrons. The third-order valence-electron chi connectivity index (χ3n) is 4.85. The average molecular weight is 359 g/mol. The van der Waals surface area contributed by atoms with E-state index in [-0.39, 0.29) is 5.91 Å². The average Bonchev–Trinajstić information content (AvgIpc) is 3.09. The first-order chi connectivity index (χ1) is 12.5. The summed E-state index contributed by atoms with van der Waals surface area (Å²) in [4.78, 5) is 24.8. The highest BCUT2D eigenvalue weighted by Crippen LogP contribution is 2.27. The Morgan fingerprint density at radius 3 is 2.77 bits per heavy atom. The van der Waals surface area contributed by atoms with E-state index >= 15 is 0 Å². The van der Waals surface area contributed by atoms with E-state index in [0.29, 0.717) is 24.6 Å². The van der Waals surface area contributed by atoms with Gasteiger partial charge in [-0.05, 0) is 46.0 Å². The molecule has 0 unspecified atom stereocenters. The summed E-state index contributed by atoms with van der Waals surface area (Å²) in [6, 6.07) is 1.25. The number of carbonyl (C=O) groups is 1. The van der Waals surface area contributed by atoms with E-state index in [1.165, 1.54) is 12.3 Å². The van der Waals surface area contributed by atoms with Gasteiger partial charge in [0.25, 0.3) is 5.91 Å². The van der Waals surface area contributed by atoms with Crippen LogP contribution in [0.2, 0.25) is 0 Å². The number of aromatic nitrogens is 3. The highest BCUT2D eigenvalue weighted by atomic mass is 19.1. The molecule has 0 bridgehead atoms. The van der Waals surface area contributed by atoms with Crippen molar-refractivity contribution in [1.29, 1.82) is 0 Å². The number of nitrogens with zero attached hydrogens (tertiary/aromatic N) is 5. The van der Waals surface area contributed by atoms with Gasteiger partial charge in [0.15, 0.2) is 0 Å². The highest BCUT2D eigenvalue weighted by molar-refractivity contribution is 5.93. The molecule has 0 atom stereocenters. The van der Waals surface area contributed by atoms with Gasteiger partial charge in [-0.15, -0.1) is 0 Å². The van der Waals surface area contributed by atoms with E-state index < -0.39 is 5.82 Å². The topological polar surface area (TPSA) is 54.3 Å². The van der Waals surface area contributed by atoms with Crippen molar-refractivity contribution in [2.75, 3.05) is 33.7 Å². The number of hydrogen-bond donors (Lipinski definition) is 0. The molecule has 26 heavy (non-hydrogen) atoms. The zero-order valence-electron chi connectivity index (χ0n) is 15.4. The maximum absolute atomic E-state index is 13.3. The normalized spacial score (nSPS) is 15.6. The lowest BCUT2D eigenvalue weighted by Gasteiger charge is -2.32. The second kappa shape index (κ2) is 8.40. The maximum Gasteiger partial charge on any atom is 0.255 e. The molecule has 0 aliphatic carbocycles. The second-order valence-electron chi connectivity index (χ2n) is 7.09. The molecule has 1 aliphatic rings. The monoisotopic (exact) mass is 359 g/mol. The standard InChI is InChI=1S/C19H26FN5O/c1-23(2)7-3-8-24-11-6-22-18(24)15-4-9-25(10-5-15)19(26)16-12-17(20)14-21-13-16/h6,11-15H,3-5,7-10H2,1-2H3. The molecule has 1 saturated heterocycles. The molecular formula is C19H26FN5O. The minimum atomic E-state index is -0.481. The number of likely N-dealkylation sites (tertiary alicyclic amines) is 1. The predicted octanol–water partition coefficient (Wildman–Crippen LogP) is 2.39. The van der Waals surface area contributed by atoms with Crippen LogP contribution in [0.1, 0.15) is 41.4 Å². The fraction of sp³-hybridized carbons (Fsp3) is 0.526. The molecule has 1 fully saturated rings. The molecular weight excluding hydrogens is 333 g/mol. The molecule has 3 rings (SSSR count). The van der Waals surface area contributed by atoms with Crippen molar-refractivity contribution in [2.45, 2.75) is 31.7 Å². The van der Waals surface area contributed by atoms with Gasteiger partial charge in [0.2, 0.25) is 0 Å². The number of halogens is 1. The summed E-state index contributed by atoms with van der Waals surface area (Å²) in [5.41, 5.74) is 0.314. The van der Waals surface area contributed by atoms with E-state index in [1.54, 1.807) is 4.90 Å². The Kier molecular flexibility index (Phi) is 5.98. The van der Waals surface area contributed by atoms with Crippen molar-refractivity contribution in [3.8, 4) is 0 Å². The minimum absolute atomic E-state index is 0.148. The van der Waals surface area contributed by atoms with Crippen molar-refractivity contribution < 1.29 is 9.18 Å². The van der Waals surface area contributed by atoms with E-state index in [2.05, 4.69) is 33.5 Å². The lowest BCUT2D eigenvalue weighted by Crippen LogP contribution is -2.38. The minimum Gasteiger partial charge on any atom is -0.339 e. The fourth-order valence-corrected chi connectivity index (χ4v) is 3.48. The van der Waals surface area contributed by atoms with Crippen LogP contribution >= 0.6 is 0 Å². The number of carbonyl (C=O) groups excluding carboxylic acids is 1. The second-order valence-corrected chi connectivity index (χ2v) is 7.09. The van der Waals surface area contributed by atoms with Crippen LogP contribution in [-0.2, 0) is 6.54 Å². The quantitative estimate of drug-likeness (QED) is 0.795. The number of amides is 1. The van der Waals surface area contributed by atoms with Crippen LogP contribution in [0.4, 0.5) is 4.39 Å². The van der Waals surface area contributed by atoms with Crippen LogP contribution in [0.3, 0.4) is 0 Å². The van der Waals surface area contributed by atoms with E-state index in [0.717, 1.165) is 44.4 Å². The van der Waals surface area contributed by atoms with Crippen LogP contribution in [0.15, 0.2) is 30.9 Å². The van der Waals surface area contributed by atoms with E-state index in [9.17, 15) is 9.18 Å². The summed E-state index contributed by atoms with van der Waals surface area (Å²) >= 11 is 0. The number of imidazole rings is 1. The molecule has 0 N–H and O–H groups in total. The summed E-state index contributed by atoms with van der Waals surface area (Å²) in [5, 5.41) is 0. The molecule has 0 radical (unpaired) electrons. The molecule has 7 heteroatoms. The van der Waals surface area contributed by atoms with Gasteiger partial charge in [0.1, 0.15) is 11.6 Å². The Bertz CT molecular complexity index is 737. The molecule has 6 nitrogen and oxygen atoms in total. The summed E-state index contributed by atoms with van der Waals surface area (Å²) in [7, 11) is 4.16. The van der Waals surface area contributed by atoms with Crippen LogP contribution in [0.5, 0.6) is 0 Å². The van der Waals surface area contributed by atoms with Crippen LogP contribution in [0.25, 0.3) is 0 Å². The van der Waals surface area contributed by atoms with E-state index in [4.69, 9.17) is 0 Å². The number of piperidine rings is 1. The van der Waals surface area contributed by atoms with Crippen LogP contribution in [0, 0.1) is 5.82 Å². The van der Waals surface area contributed by atoms with Gasteiger partial charge in [-0.3, -0.25) is 9.78 Å². The lowest BCUT2D eigenvalue weighted by atomic mass is 9.95. The largest absolute Gasteiger partial charge is 0.339 e. The number of rotatable bonds is 6.